The number of anilines is 3. The van der Waals surface area contributed by atoms with Crippen molar-refractivity contribution in [3.63, 3.8) is 0 Å². The van der Waals surface area contributed by atoms with Gasteiger partial charge in [-0.15, -0.1) is 0 Å². The first kappa shape index (κ1) is 23.9. The van der Waals surface area contributed by atoms with Crippen molar-refractivity contribution in [1.82, 2.24) is 24.4 Å². The summed E-state index contributed by atoms with van der Waals surface area (Å²) in [6.45, 7) is 3.55. The van der Waals surface area contributed by atoms with Gasteiger partial charge in [-0.1, -0.05) is 12.1 Å². The maximum atomic E-state index is 13.6. The monoisotopic (exact) mass is 515 g/mol. The number of hydrogen-bond acceptors (Lipinski definition) is 7. The molecule has 11 heteroatoms. The second-order valence-corrected chi connectivity index (χ2v) is 9.24. The predicted octanol–water partition coefficient (Wildman–Crippen LogP) is 5.05. The van der Waals surface area contributed by atoms with Crippen molar-refractivity contribution in [2.45, 2.75) is 32.4 Å². The third kappa shape index (κ3) is 4.88. The lowest BCUT2D eigenvalue weighted by atomic mass is 10.2. The number of rotatable bonds is 6. The fraction of sp³-hybridized carbons (Fsp3) is 0.259. The molecule has 2 N–H and O–H groups in total. The van der Waals surface area contributed by atoms with Gasteiger partial charge in [0, 0.05) is 29.5 Å². The van der Waals surface area contributed by atoms with Gasteiger partial charge in [-0.05, 0) is 42.8 Å². The molecule has 6 rings (SSSR count). The molecule has 1 fully saturated rings. The van der Waals surface area contributed by atoms with Gasteiger partial charge in [0.15, 0.2) is 5.82 Å². The maximum absolute atomic E-state index is 13.6. The van der Waals surface area contributed by atoms with Crippen molar-refractivity contribution in [2.24, 2.45) is 0 Å². The number of aryl methyl sites for hydroxylation is 1. The number of carbonyl (C=O) groups is 1. The van der Waals surface area contributed by atoms with Crippen LogP contribution in [0.2, 0.25) is 0 Å². The van der Waals surface area contributed by atoms with Crippen molar-refractivity contribution >= 4 is 39.7 Å². The molecule has 5 aromatic rings. The first-order valence-electron chi connectivity index (χ1n) is 12.4. The highest BCUT2D eigenvalue weighted by Gasteiger charge is 2.20. The Balaban J connectivity index is 1.21. The van der Waals surface area contributed by atoms with E-state index >= 15 is 0 Å². The van der Waals surface area contributed by atoms with E-state index in [4.69, 9.17) is 9.47 Å². The van der Waals surface area contributed by atoms with Crippen molar-refractivity contribution in [3.05, 3.63) is 78.1 Å². The number of nitrogens with zero attached hydrogens (tertiary/aromatic N) is 5. The molecule has 38 heavy (non-hydrogen) atoms. The fourth-order valence-electron chi connectivity index (χ4n) is 4.70. The predicted molar refractivity (Wildman–Crippen MR) is 140 cm³/mol. The Morgan fingerprint density at radius 3 is 2.89 bits per heavy atom. The molecule has 0 unspecified atom stereocenters. The van der Waals surface area contributed by atoms with E-state index in [9.17, 15) is 9.18 Å². The SMILES string of the molecule is Cc1c(NC(=O)OC2CCOCC2)cn2ncnc(Nc3ccc4c(cnn4Cc4cccc(F)c4)c3)c12. The fourth-order valence-corrected chi connectivity index (χ4v) is 4.70. The minimum Gasteiger partial charge on any atom is -0.446 e. The Hall–Kier alpha value is -4.51. The van der Waals surface area contributed by atoms with Crippen molar-refractivity contribution in [3.8, 4) is 0 Å². The lowest BCUT2D eigenvalue weighted by Crippen LogP contribution is -2.28. The molecule has 3 aromatic heterocycles. The van der Waals surface area contributed by atoms with E-state index in [1.807, 2.05) is 35.9 Å². The molecule has 0 radical (unpaired) electrons. The first-order chi connectivity index (χ1) is 18.5. The smallest absolute Gasteiger partial charge is 0.411 e. The highest BCUT2D eigenvalue weighted by atomic mass is 19.1. The second kappa shape index (κ2) is 10.1. The molecule has 0 saturated carbocycles. The molecule has 1 aliphatic rings. The highest BCUT2D eigenvalue weighted by molar-refractivity contribution is 5.91. The third-order valence-electron chi connectivity index (χ3n) is 6.63. The quantitative estimate of drug-likeness (QED) is 0.326. The molecule has 1 saturated heterocycles. The van der Waals surface area contributed by atoms with Gasteiger partial charge in [-0.3, -0.25) is 10.00 Å². The molecule has 4 heterocycles. The summed E-state index contributed by atoms with van der Waals surface area (Å²) in [5.74, 6) is 0.326. The van der Waals surface area contributed by atoms with E-state index in [0.717, 1.165) is 33.2 Å². The Morgan fingerprint density at radius 2 is 2.05 bits per heavy atom. The van der Waals surface area contributed by atoms with Gasteiger partial charge >= 0.3 is 6.09 Å². The number of benzene rings is 2. The molecule has 10 nitrogen and oxygen atoms in total. The standard InChI is InChI=1S/C27H26FN7O3/c1-17-23(33-27(36)38-22-7-9-37-10-8-22)15-35-25(17)26(29-16-31-35)32-21-5-6-24-19(12-21)13-30-34(24)14-18-3-2-4-20(28)11-18/h2-6,11-13,15-16,22H,7-10,14H2,1H3,(H,33,36)(H,29,31,32). The number of nitrogens with one attached hydrogen (secondary N) is 2. The van der Waals surface area contributed by atoms with E-state index in [1.165, 1.54) is 18.5 Å². The van der Waals surface area contributed by atoms with E-state index in [2.05, 4.69) is 25.8 Å². The Labute approximate surface area is 217 Å². The van der Waals surface area contributed by atoms with E-state index < -0.39 is 6.09 Å². The van der Waals surface area contributed by atoms with Crippen LogP contribution in [-0.2, 0) is 16.0 Å². The summed E-state index contributed by atoms with van der Waals surface area (Å²) < 4.78 is 28.0. The summed E-state index contributed by atoms with van der Waals surface area (Å²) in [4.78, 5) is 16.9. The van der Waals surface area contributed by atoms with E-state index in [0.29, 0.717) is 44.1 Å². The summed E-state index contributed by atoms with van der Waals surface area (Å²) in [6, 6.07) is 12.4. The van der Waals surface area contributed by atoms with Gasteiger partial charge in [0.2, 0.25) is 0 Å². The Bertz CT molecular complexity index is 1620. The molecule has 194 valence electrons. The average Bonchev–Trinajstić information content (AvgIpc) is 3.45. The van der Waals surface area contributed by atoms with Crippen LogP contribution >= 0.6 is 0 Å². The summed E-state index contributed by atoms with van der Waals surface area (Å²) in [5, 5.41) is 15.9. The maximum Gasteiger partial charge on any atom is 0.411 e. The third-order valence-corrected chi connectivity index (χ3v) is 6.63. The van der Waals surface area contributed by atoms with Crippen LogP contribution in [0.4, 0.5) is 26.4 Å². The number of hydrogen-bond donors (Lipinski definition) is 2. The minimum atomic E-state index is -0.501. The van der Waals surface area contributed by atoms with E-state index in [1.54, 1.807) is 23.0 Å². The highest BCUT2D eigenvalue weighted by Crippen LogP contribution is 2.29. The lowest BCUT2D eigenvalue weighted by Gasteiger charge is -2.22. The van der Waals surface area contributed by atoms with Crippen LogP contribution in [-0.4, -0.2) is 49.8 Å². The molecule has 2 aromatic carbocycles. The van der Waals surface area contributed by atoms with Crippen LogP contribution < -0.4 is 10.6 Å². The minimum absolute atomic E-state index is 0.147. The van der Waals surface area contributed by atoms with Crippen LogP contribution in [0.5, 0.6) is 0 Å². The van der Waals surface area contributed by atoms with Gasteiger partial charge < -0.3 is 14.8 Å². The molecule has 0 spiro atoms. The topological polar surface area (TPSA) is 108 Å². The molecule has 0 aliphatic carbocycles. The number of aromatic nitrogens is 5. The van der Waals surface area contributed by atoms with Crippen molar-refractivity contribution < 1.29 is 18.7 Å². The van der Waals surface area contributed by atoms with Crippen LogP contribution in [0.15, 0.2) is 61.2 Å². The molecular weight excluding hydrogens is 489 g/mol. The number of fused-ring (bicyclic) bond motifs is 2. The molecule has 1 amide bonds. The summed E-state index contributed by atoms with van der Waals surface area (Å²) in [6.07, 6.45) is 5.71. The summed E-state index contributed by atoms with van der Waals surface area (Å²) in [5.41, 5.74) is 4.72. The number of carbonyl (C=O) groups excluding carboxylic acids is 1. The second-order valence-electron chi connectivity index (χ2n) is 9.24. The summed E-state index contributed by atoms with van der Waals surface area (Å²) >= 11 is 0. The lowest BCUT2D eigenvalue weighted by molar-refractivity contribution is 0.00592. The molecule has 0 bridgehead atoms. The van der Waals surface area contributed by atoms with Crippen LogP contribution in [0.1, 0.15) is 24.0 Å². The zero-order chi connectivity index (χ0) is 26.1. The summed E-state index contributed by atoms with van der Waals surface area (Å²) in [7, 11) is 0. The van der Waals surface area contributed by atoms with Crippen LogP contribution in [0.3, 0.4) is 0 Å². The average molecular weight is 516 g/mol. The number of ether oxygens (including phenoxy) is 2. The Kier molecular flexibility index (Phi) is 6.34. The van der Waals surface area contributed by atoms with Crippen LogP contribution in [0.25, 0.3) is 16.4 Å². The van der Waals surface area contributed by atoms with E-state index in [-0.39, 0.29) is 11.9 Å². The van der Waals surface area contributed by atoms with Crippen LogP contribution in [0, 0.1) is 12.7 Å². The zero-order valence-corrected chi connectivity index (χ0v) is 20.7. The van der Waals surface area contributed by atoms with Gasteiger partial charge in [-0.2, -0.15) is 10.2 Å². The molecule has 0 atom stereocenters. The molecular formula is C27H26FN7O3. The van der Waals surface area contributed by atoms with Crippen molar-refractivity contribution in [1.29, 1.82) is 0 Å². The molecule has 1 aliphatic heterocycles. The van der Waals surface area contributed by atoms with Gasteiger partial charge in [-0.25, -0.2) is 18.7 Å². The zero-order valence-electron chi connectivity index (χ0n) is 20.7. The van der Waals surface area contributed by atoms with Gasteiger partial charge in [0.25, 0.3) is 0 Å². The first-order valence-corrected chi connectivity index (χ1v) is 12.4. The number of halogens is 1. The Morgan fingerprint density at radius 1 is 1.18 bits per heavy atom. The number of amides is 1. The van der Waals surface area contributed by atoms with Crippen molar-refractivity contribution in [2.75, 3.05) is 23.8 Å². The normalized spacial score (nSPS) is 14.2. The van der Waals surface area contributed by atoms with Gasteiger partial charge in [0.05, 0.1) is 43.4 Å². The van der Waals surface area contributed by atoms with Gasteiger partial charge in [0.1, 0.15) is 23.8 Å². The largest absolute Gasteiger partial charge is 0.446 e.